The van der Waals surface area contributed by atoms with Crippen LogP contribution in [-0.4, -0.2) is 64.0 Å². The van der Waals surface area contributed by atoms with Crippen LogP contribution in [0.15, 0.2) is 24.3 Å². The van der Waals surface area contributed by atoms with Crippen molar-refractivity contribution in [2.75, 3.05) is 7.11 Å². The summed E-state index contributed by atoms with van der Waals surface area (Å²) in [6, 6.07) is 2.90. The van der Waals surface area contributed by atoms with E-state index in [-0.39, 0.29) is 17.7 Å². The number of benzene rings is 1. The Bertz CT molecular complexity index is 731. The van der Waals surface area contributed by atoms with Crippen LogP contribution in [0.25, 0.3) is 0 Å². The summed E-state index contributed by atoms with van der Waals surface area (Å²) >= 11 is 0. The molecule has 6 atom stereocenters. The van der Waals surface area contributed by atoms with Gasteiger partial charge in [-0.05, 0) is 13.0 Å². The summed E-state index contributed by atoms with van der Waals surface area (Å²) < 4.78 is 16.1. The zero-order chi connectivity index (χ0) is 19.7. The lowest BCUT2D eigenvalue weighted by Gasteiger charge is -2.21. The van der Waals surface area contributed by atoms with E-state index in [1.165, 1.54) is 19.3 Å². The van der Waals surface area contributed by atoms with Gasteiger partial charge >= 0.3 is 5.97 Å². The fourth-order valence-corrected chi connectivity index (χ4v) is 3.20. The van der Waals surface area contributed by atoms with Crippen molar-refractivity contribution < 1.29 is 39.4 Å². The van der Waals surface area contributed by atoms with E-state index in [2.05, 4.69) is 0 Å². The van der Waals surface area contributed by atoms with E-state index in [0.29, 0.717) is 17.7 Å². The largest absolute Gasteiger partial charge is 0.507 e. The van der Waals surface area contributed by atoms with Gasteiger partial charge in [-0.1, -0.05) is 12.2 Å². The zero-order valence-electron chi connectivity index (χ0n) is 15.1. The zero-order valence-corrected chi connectivity index (χ0v) is 15.1. The quantitative estimate of drug-likeness (QED) is 0.320. The number of hydrogen-bond acceptors (Lipinski definition) is 8. The third-order valence-electron chi connectivity index (χ3n) is 4.78. The lowest BCUT2D eigenvalue weighted by molar-refractivity contribution is -0.0464. The Hall–Kier alpha value is -2.13. The highest BCUT2D eigenvalue weighted by Gasteiger charge is 2.45. The fourth-order valence-electron chi connectivity index (χ4n) is 3.20. The number of ether oxygens (including phenoxy) is 3. The number of fused-ring (bicyclic) bond motifs is 3. The average molecular weight is 380 g/mol. The second kappa shape index (κ2) is 7.85. The third-order valence-corrected chi connectivity index (χ3v) is 4.78. The molecule has 8 nitrogen and oxygen atoms in total. The van der Waals surface area contributed by atoms with Gasteiger partial charge in [0.2, 0.25) is 0 Å². The predicted molar refractivity (Wildman–Crippen MR) is 93.5 cm³/mol. The van der Waals surface area contributed by atoms with Crippen molar-refractivity contribution in [2.24, 2.45) is 0 Å². The summed E-state index contributed by atoms with van der Waals surface area (Å²) in [4.78, 5) is 12.6. The number of esters is 1. The van der Waals surface area contributed by atoms with Crippen LogP contribution in [0, 0.1) is 0 Å². The molecule has 2 heterocycles. The molecule has 1 aromatic rings. The molecule has 1 fully saturated rings. The molecule has 0 amide bonds. The highest BCUT2D eigenvalue weighted by Crippen LogP contribution is 2.46. The number of phenolic OH excluding ortho intramolecular Hbond substituents is 1. The van der Waals surface area contributed by atoms with Crippen molar-refractivity contribution in [3.8, 4) is 11.5 Å². The van der Waals surface area contributed by atoms with Gasteiger partial charge in [0.05, 0.1) is 19.3 Å². The van der Waals surface area contributed by atoms with Gasteiger partial charge in [-0.3, -0.25) is 0 Å². The van der Waals surface area contributed by atoms with Crippen LogP contribution in [-0.2, 0) is 9.47 Å². The molecule has 2 aliphatic rings. The van der Waals surface area contributed by atoms with E-state index in [1.807, 2.05) is 0 Å². The SMILES string of the molecule is COc1cc(O)c2c(c1)[C@@H]1O[C@@H]1C[C@@H](O)[C@@H](O)[C@H](O)/C=C/C[C@H](C)OC2=O. The molecular weight excluding hydrogens is 356 g/mol. The van der Waals surface area contributed by atoms with E-state index < -0.39 is 42.6 Å². The minimum Gasteiger partial charge on any atom is -0.507 e. The Morgan fingerprint density at radius 3 is 2.67 bits per heavy atom. The Labute approximate surface area is 156 Å². The normalized spacial score (nSPS) is 35.2. The van der Waals surface area contributed by atoms with E-state index in [0.717, 1.165) is 0 Å². The van der Waals surface area contributed by atoms with Crippen LogP contribution in [0.1, 0.15) is 41.8 Å². The van der Waals surface area contributed by atoms with E-state index in [9.17, 15) is 25.2 Å². The van der Waals surface area contributed by atoms with Crippen molar-refractivity contribution in [3.63, 3.8) is 0 Å². The Morgan fingerprint density at radius 2 is 1.96 bits per heavy atom. The maximum atomic E-state index is 12.6. The van der Waals surface area contributed by atoms with Gasteiger partial charge in [0.15, 0.2) is 0 Å². The minimum atomic E-state index is -1.37. The molecule has 27 heavy (non-hydrogen) atoms. The first kappa shape index (κ1) is 19.6. The number of rotatable bonds is 1. The second-order valence-electron chi connectivity index (χ2n) is 6.87. The molecule has 0 saturated carbocycles. The van der Waals surface area contributed by atoms with Crippen molar-refractivity contribution >= 4 is 5.97 Å². The monoisotopic (exact) mass is 380 g/mol. The van der Waals surface area contributed by atoms with Gasteiger partial charge in [-0.15, -0.1) is 0 Å². The Kier molecular flexibility index (Phi) is 5.71. The van der Waals surface area contributed by atoms with E-state index in [1.54, 1.807) is 19.1 Å². The van der Waals surface area contributed by atoms with Crippen LogP contribution in [0.5, 0.6) is 11.5 Å². The number of hydrogen-bond donors (Lipinski definition) is 4. The molecular formula is C19H24O8. The molecule has 3 rings (SSSR count). The Balaban J connectivity index is 1.97. The molecule has 0 aromatic heterocycles. The number of methoxy groups -OCH3 is 1. The molecule has 2 aliphatic heterocycles. The van der Waals surface area contributed by atoms with Crippen LogP contribution >= 0.6 is 0 Å². The molecule has 1 saturated heterocycles. The number of epoxide rings is 1. The highest BCUT2D eigenvalue weighted by molar-refractivity contribution is 5.95. The van der Waals surface area contributed by atoms with Crippen molar-refractivity contribution in [3.05, 3.63) is 35.4 Å². The average Bonchev–Trinajstić information content (AvgIpc) is 3.38. The molecule has 0 unspecified atom stereocenters. The van der Waals surface area contributed by atoms with E-state index >= 15 is 0 Å². The second-order valence-corrected chi connectivity index (χ2v) is 6.87. The summed E-state index contributed by atoms with van der Waals surface area (Å²) in [5.41, 5.74) is 0.384. The summed E-state index contributed by atoms with van der Waals surface area (Å²) in [6.45, 7) is 1.67. The van der Waals surface area contributed by atoms with Crippen molar-refractivity contribution in [1.82, 2.24) is 0 Å². The van der Waals surface area contributed by atoms with Gasteiger partial charge in [0.1, 0.15) is 41.5 Å². The smallest absolute Gasteiger partial charge is 0.342 e. The standard InChI is InChI=1S/C19H24O8/c1-9-4-3-5-12(20)17(23)14(22)8-15-18(27-15)11-6-10(25-2)7-13(21)16(11)19(24)26-9/h3,5-7,9,12,14-15,17-18,20-23H,4,8H2,1-2H3/b5-3+/t9-,12+,14+,15+,17-,18-/m0/s1. The molecule has 0 bridgehead atoms. The lowest BCUT2D eigenvalue weighted by atomic mass is 9.96. The minimum absolute atomic E-state index is 0.00809. The summed E-state index contributed by atoms with van der Waals surface area (Å²) in [5, 5.41) is 40.5. The molecule has 0 aliphatic carbocycles. The molecule has 1 aromatic carbocycles. The topological polar surface area (TPSA) is 129 Å². The Morgan fingerprint density at radius 1 is 1.22 bits per heavy atom. The first-order valence-corrected chi connectivity index (χ1v) is 8.80. The third kappa shape index (κ3) is 4.24. The van der Waals surface area contributed by atoms with Crippen molar-refractivity contribution in [1.29, 1.82) is 0 Å². The molecule has 0 spiro atoms. The van der Waals surface area contributed by atoms with Gasteiger partial charge in [-0.2, -0.15) is 0 Å². The van der Waals surface area contributed by atoms with Gasteiger partial charge in [-0.25, -0.2) is 4.79 Å². The first-order chi connectivity index (χ1) is 12.8. The highest BCUT2D eigenvalue weighted by atomic mass is 16.6. The molecule has 8 heteroatoms. The van der Waals surface area contributed by atoms with Gasteiger partial charge < -0.3 is 34.6 Å². The van der Waals surface area contributed by atoms with Crippen LogP contribution in [0.3, 0.4) is 0 Å². The number of aliphatic hydroxyl groups excluding tert-OH is 3. The lowest BCUT2D eigenvalue weighted by Crippen LogP contribution is -2.37. The molecule has 148 valence electrons. The summed E-state index contributed by atoms with van der Waals surface area (Å²) in [5.74, 6) is -0.630. The predicted octanol–water partition coefficient (Wildman–Crippen LogP) is 0.819. The van der Waals surface area contributed by atoms with Crippen LogP contribution < -0.4 is 4.74 Å². The number of cyclic esters (lactones) is 1. The van der Waals surface area contributed by atoms with Gasteiger partial charge in [0.25, 0.3) is 0 Å². The van der Waals surface area contributed by atoms with Crippen molar-refractivity contribution in [2.45, 2.75) is 56.4 Å². The number of phenols is 1. The first-order valence-electron chi connectivity index (χ1n) is 8.80. The molecule has 0 radical (unpaired) electrons. The summed E-state index contributed by atoms with van der Waals surface area (Å²) in [7, 11) is 1.43. The number of aliphatic hydroxyl groups is 3. The molecule has 4 N–H and O–H groups in total. The maximum Gasteiger partial charge on any atom is 0.342 e. The number of aromatic hydroxyl groups is 1. The fraction of sp³-hybridized carbons (Fsp3) is 0.526. The van der Waals surface area contributed by atoms with Crippen LogP contribution in [0.2, 0.25) is 0 Å². The van der Waals surface area contributed by atoms with Gasteiger partial charge in [0, 0.05) is 24.5 Å². The number of carbonyl (C=O) groups excluding carboxylic acids is 1. The van der Waals surface area contributed by atoms with E-state index in [4.69, 9.17) is 14.2 Å². The van der Waals surface area contributed by atoms with Crippen LogP contribution in [0.4, 0.5) is 0 Å². The number of carbonyl (C=O) groups is 1. The maximum absolute atomic E-state index is 12.6. The summed E-state index contributed by atoms with van der Waals surface area (Å²) in [6.07, 6.45) is -2.15.